The van der Waals surface area contributed by atoms with Gasteiger partial charge in [-0.25, -0.2) is 4.99 Å². The van der Waals surface area contributed by atoms with Gasteiger partial charge in [0.15, 0.2) is 5.96 Å². The first-order valence-corrected chi connectivity index (χ1v) is 5.15. The van der Waals surface area contributed by atoms with E-state index in [0.29, 0.717) is 0 Å². The summed E-state index contributed by atoms with van der Waals surface area (Å²) in [5, 5.41) is 2.62. The lowest BCUT2D eigenvalue weighted by atomic mass is 9.63. The molecule has 1 amide bonds. The first kappa shape index (κ1) is 9.49. The summed E-state index contributed by atoms with van der Waals surface area (Å²) in [6.45, 7) is 4.21. The van der Waals surface area contributed by atoms with Gasteiger partial charge >= 0.3 is 0 Å². The van der Waals surface area contributed by atoms with Gasteiger partial charge in [0.1, 0.15) is 5.54 Å². The van der Waals surface area contributed by atoms with E-state index in [1.165, 1.54) is 6.42 Å². The summed E-state index contributed by atoms with van der Waals surface area (Å²) in [5.41, 5.74) is 4.91. The van der Waals surface area contributed by atoms with Gasteiger partial charge in [0.05, 0.1) is 0 Å². The fourth-order valence-corrected chi connectivity index (χ4v) is 2.63. The van der Waals surface area contributed by atoms with E-state index in [9.17, 15) is 4.79 Å². The molecule has 1 atom stereocenters. The van der Waals surface area contributed by atoms with Crippen LogP contribution in [0.15, 0.2) is 4.99 Å². The van der Waals surface area contributed by atoms with Crippen LogP contribution in [0.2, 0.25) is 0 Å². The van der Waals surface area contributed by atoms with Crippen LogP contribution in [-0.4, -0.2) is 17.4 Å². The number of carbonyl (C=O) groups is 1. The fraction of sp³-hybridized carbons (Fsp3) is 0.800. The van der Waals surface area contributed by atoms with Crippen molar-refractivity contribution in [3.05, 3.63) is 0 Å². The van der Waals surface area contributed by atoms with Crippen molar-refractivity contribution in [2.45, 2.75) is 45.1 Å². The van der Waals surface area contributed by atoms with Gasteiger partial charge in [-0.15, -0.1) is 0 Å². The predicted molar refractivity (Wildman–Crippen MR) is 54.7 cm³/mol. The van der Waals surface area contributed by atoms with Gasteiger partial charge < -0.3 is 5.73 Å². The molecule has 2 rings (SSSR count). The first-order valence-electron chi connectivity index (χ1n) is 5.15. The summed E-state index contributed by atoms with van der Waals surface area (Å²) in [6.07, 6.45) is 4.11. The zero-order chi connectivity index (χ0) is 10.4. The molecule has 3 N–H and O–H groups in total. The summed E-state index contributed by atoms with van der Waals surface area (Å²) >= 11 is 0. The molecule has 0 aromatic heterocycles. The van der Waals surface area contributed by atoms with Crippen molar-refractivity contribution in [1.29, 1.82) is 0 Å². The topological polar surface area (TPSA) is 67.5 Å². The van der Waals surface area contributed by atoms with Crippen LogP contribution < -0.4 is 11.1 Å². The molecule has 0 radical (unpaired) electrons. The Morgan fingerprint density at radius 2 is 2.00 bits per heavy atom. The van der Waals surface area contributed by atoms with Crippen LogP contribution in [0, 0.1) is 5.41 Å². The average molecular weight is 195 g/mol. The Morgan fingerprint density at radius 1 is 1.36 bits per heavy atom. The van der Waals surface area contributed by atoms with Gasteiger partial charge in [-0.3, -0.25) is 10.1 Å². The molecule has 2 aliphatic rings. The minimum Gasteiger partial charge on any atom is -0.370 e. The normalized spacial score (nSPS) is 35.6. The second-order valence-corrected chi connectivity index (χ2v) is 4.90. The van der Waals surface area contributed by atoms with Crippen molar-refractivity contribution in [3.8, 4) is 0 Å². The van der Waals surface area contributed by atoms with Crippen LogP contribution in [0.5, 0.6) is 0 Å². The number of hydrogen-bond donors (Lipinski definition) is 2. The highest BCUT2D eigenvalue weighted by molar-refractivity contribution is 6.07. The quantitative estimate of drug-likeness (QED) is 0.599. The maximum absolute atomic E-state index is 11.9. The molecule has 1 heterocycles. The molecular formula is C10H17N3O. The van der Waals surface area contributed by atoms with Crippen molar-refractivity contribution < 1.29 is 4.79 Å². The highest BCUT2D eigenvalue weighted by atomic mass is 16.2. The molecule has 1 saturated carbocycles. The lowest BCUT2D eigenvalue weighted by Crippen LogP contribution is -2.52. The monoisotopic (exact) mass is 195 g/mol. The Kier molecular flexibility index (Phi) is 1.84. The third kappa shape index (κ3) is 1.06. The van der Waals surface area contributed by atoms with Gasteiger partial charge in [-0.05, 0) is 18.3 Å². The number of rotatable bonds is 0. The number of guanidine groups is 1. The van der Waals surface area contributed by atoms with E-state index in [1.807, 2.05) is 0 Å². The van der Waals surface area contributed by atoms with E-state index < -0.39 is 5.54 Å². The lowest BCUT2D eigenvalue weighted by Gasteiger charge is -2.43. The Hall–Kier alpha value is -1.06. The van der Waals surface area contributed by atoms with E-state index in [-0.39, 0.29) is 17.3 Å². The van der Waals surface area contributed by atoms with E-state index in [0.717, 1.165) is 19.3 Å². The van der Waals surface area contributed by atoms with Crippen molar-refractivity contribution in [2.24, 2.45) is 16.1 Å². The average Bonchev–Trinajstić information content (AvgIpc) is 2.35. The zero-order valence-corrected chi connectivity index (χ0v) is 8.76. The second kappa shape index (κ2) is 2.72. The molecule has 1 spiro atoms. The first-order chi connectivity index (χ1) is 6.48. The second-order valence-electron chi connectivity index (χ2n) is 4.90. The van der Waals surface area contributed by atoms with Gasteiger partial charge in [0.2, 0.25) is 0 Å². The van der Waals surface area contributed by atoms with Crippen molar-refractivity contribution in [3.63, 3.8) is 0 Å². The minimum atomic E-state index is -0.588. The van der Waals surface area contributed by atoms with Crippen LogP contribution in [0.3, 0.4) is 0 Å². The molecule has 0 bridgehead atoms. The predicted octanol–water partition coefficient (Wildman–Crippen LogP) is 0.770. The molecular weight excluding hydrogens is 178 g/mol. The third-order valence-corrected chi connectivity index (χ3v) is 3.64. The van der Waals surface area contributed by atoms with E-state index in [4.69, 9.17) is 5.73 Å². The highest BCUT2D eigenvalue weighted by Crippen LogP contribution is 2.47. The molecule has 4 nitrogen and oxygen atoms in total. The van der Waals surface area contributed by atoms with E-state index in [2.05, 4.69) is 24.2 Å². The van der Waals surface area contributed by atoms with Crippen LogP contribution >= 0.6 is 0 Å². The number of carbonyl (C=O) groups excluding carboxylic acids is 1. The number of aliphatic imine (C=N–C) groups is 1. The van der Waals surface area contributed by atoms with E-state index in [1.54, 1.807) is 0 Å². The largest absolute Gasteiger partial charge is 0.370 e. The van der Waals surface area contributed by atoms with Crippen LogP contribution in [0.1, 0.15) is 39.5 Å². The molecule has 78 valence electrons. The molecule has 4 heteroatoms. The number of amides is 1. The molecule has 1 fully saturated rings. The summed E-state index contributed by atoms with van der Waals surface area (Å²) in [5.74, 6) is 0.268. The highest BCUT2D eigenvalue weighted by Gasteiger charge is 2.55. The SMILES string of the molecule is CC1(C)CCCCC12N=C(N)NC2=O. The summed E-state index contributed by atoms with van der Waals surface area (Å²) in [4.78, 5) is 16.2. The van der Waals surface area contributed by atoms with Gasteiger partial charge in [-0.1, -0.05) is 26.7 Å². The Balaban J connectivity index is 2.42. The zero-order valence-electron chi connectivity index (χ0n) is 8.76. The van der Waals surface area contributed by atoms with Crippen LogP contribution in [-0.2, 0) is 4.79 Å². The third-order valence-electron chi connectivity index (χ3n) is 3.64. The van der Waals surface area contributed by atoms with Gasteiger partial charge in [0, 0.05) is 0 Å². The Bertz CT molecular complexity index is 308. The van der Waals surface area contributed by atoms with E-state index >= 15 is 0 Å². The standard InChI is InChI=1S/C10H17N3O/c1-9(2)5-3-4-6-10(9)7(14)12-8(11)13-10/h3-6H2,1-2H3,(H3,11,12,13,14). The van der Waals surface area contributed by atoms with Crippen molar-refractivity contribution in [1.82, 2.24) is 5.32 Å². The van der Waals surface area contributed by atoms with Crippen molar-refractivity contribution in [2.75, 3.05) is 0 Å². The van der Waals surface area contributed by atoms with Crippen LogP contribution in [0.4, 0.5) is 0 Å². The summed E-state index contributed by atoms with van der Waals surface area (Å²) in [6, 6.07) is 0. The number of nitrogens with zero attached hydrogens (tertiary/aromatic N) is 1. The molecule has 1 aliphatic carbocycles. The van der Waals surface area contributed by atoms with Gasteiger partial charge in [-0.2, -0.15) is 0 Å². The number of nitrogens with two attached hydrogens (primary N) is 1. The smallest absolute Gasteiger partial charge is 0.255 e. The molecule has 0 aromatic carbocycles. The number of nitrogens with one attached hydrogen (secondary N) is 1. The number of hydrogen-bond acceptors (Lipinski definition) is 3. The fourth-order valence-electron chi connectivity index (χ4n) is 2.63. The minimum absolute atomic E-state index is 0.0142. The van der Waals surface area contributed by atoms with Gasteiger partial charge in [0.25, 0.3) is 5.91 Å². The van der Waals surface area contributed by atoms with Crippen molar-refractivity contribution >= 4 is 11.9 Å². The maximum atomic E-state index is 11.9. The molecule has 14 heavy (non-hydrogen) atoms. The summed E-state index contributed by atoms with van der Waals surface area (Å²) < 4.78 is 0. The molecule has 0 aromatic rings. The molecule has 0 saturated heterocycles. The lowest BCUT2D eigenvalue weighted by molar-refractivity contribution is -0.129. The molecule has 1 aliphatic heterocycles. The maximum Gasteiger partial charge on any atom is 0.255 e. The Morgan fingerprint density at radius 3 is 2.50 bits per heavy atom. The Labute approximate surface area is 84.0 Å². The molecule has 1 unspecified atom stereocenters. The van der Waals surface area contributed by atoms with Crippen LogP contribution in [0.25, 0.3) is 0 Å². The summed E-state index contributed by atoms with van der Waals surface area (Å²) in [7, 11) is 0.